The van der Waals surface area contributed by atoms with E-state index in [0.29, 0.717) is 10.6 Å². The van der Waals surface area contributed by atoms with Crippen LogP contribution in [-0.2, 0) is 0 Å². The molecule has 0 radical (unpaired) electrons. The van der Waals surface area contributed by atoms with Crippen molar-refractivity contribution in [3.8, 4) is 5.88 Å². The Kier molecular flexibility index (Phi) is 4.65. The van der Waals surface area contributed by atoms with Gasteiger partial charge in [-0.15, -0.1) is 11.3 Å². The smallest absolute Gasteiger partial charge is 0.406 e. The van der Waals surface area contributed by atoms with E-state index < -0.39 is 18.6 Å². The lowest BCUT2D eigenvalue weighted by molar-refractivity contribution is -0.118. The van der Waals surface area contributed by atoms with Crippen molar-refractivity contribution in [2.45, 2.75) is 13.1 Å². The predicted octanol–water partition coefficient (Wildman–Crippen LogP) is 3.06. The minimum atomic E-state index is -4.53. The van der Waals surface area contributed by atoms with Crippen molar-refractivity contribution < 1.29 is 22.7 Å². The number of hydrogen-bond acceptors (Lipinski definition) is 5. The highest BCUT2D eigenvalue weighted by Gasteiger charge is 2.35. The molecule has 0 bridgehead atoms. The van der Waals surface area contributed by atoms with Gasteiger partial charge in [0, 0.05) is 17.6 Å². The highest BCUT2D eigenvalue weighted by atomic mass is 32.1. The maximum absolute atomic E-state index is 12.7. The molecule has 2 aromatic heterocycles. The molecule has 2 heterocycles. The van der Waals surface area contributed by atoms with Crippen molar-refractivity contribution in [3.63, 3.8) is 0 Å². The molecule has 2 rings (SSSR count). The van der Waals surface area contributed by atoms with Crippen molar-refractivity contribution in [2.24, 2.45) is 0 Å². The average molecular weight is 331 g/mol. The third kappa shape index (κ3) is 3.94. The molecule has 0 aliphatic rings. The second-order valence-electron chi connectivity index (χ2n) is 4.37. The third-order valence-electron chi connectivity index (χ3n) is 2.61. The number of methoxy groups -OCH3 is 1. The predicted molar refractivity (Wildman–Crippen MR) is 75.4 cm³/mol. The van der Waals surface area contributed by atoms with Crippen LogP contribution in [0.4, 0.5) is 18.3 Å². The first-order chi connectivity index (χ1) is 10.3. The van der Waals surface area contributed by atoms with Gasteiger partial charge in [-0.25, -0.2) is 9.97 Å². The van der Waals surface area contributed by atoms with Crippen LogP contribution >= 0.6 is 11.3 Å². The van der Waals surface area contributed by atoms with E-state index >= 15 is 0 Å². The minimum absolute atomic E-state index is 0.00403. The Morgan fingerprint density at radius 2 is 2.14 bits per heavy atom. The Morgan fingerprint density at radius 1 is 1.41 bits per heavy atom. The monoisotopic (exact) mass is 331 g/mol. The number of carbonyl (C=O) groups is 1. The van der Waals surface area contributed by atoms with Gasteiger partial charge < -0.3 is 4.74 Å². The van der Waals surface area contributed by atoms with Crippen LogP contribution in [0.1, 0.15) is 16.1 Å². The van der Waals surface area contributed by atoms with E-state index in [0.717, 1.165) is 11.3 Å². The molecule has 0 spiro atoms. The van der Waals surface area contributed by atoms with Gasteiger partial charge >= 0.3 is 6.18 Å². The number of halogens is 3. The fourth-order valence-electron chi connectivity index (χ4n) is 1.65. The lowest BCUT2D eigenvalue weighted by Crippen LogP contribution is -2.39. The third-order valence-corrected chi connectivity index (χ3v) is 3.59. The lowest BCUT2D eigenvalue weighted by Gasteiger charge is -2.21. The first-order valence-corrected chi connectivity index (χ1v) is 6.99. The average Bonchev–Trinajstić information content (AvgIpc) is 2.89. The first kappa shape index (κ1) is 16.2. The van der Waals surface area contributed by atoms with E-state index in [1.807, 2.05) is 0 Å². The zero-order valence-electron chi connectivity index (χ0n) is 11.7. The van der Waals surface area contributed by atoms with Gasteiger partial charge in [-0.2, -0.15) is 13.2 Å². The molecule has 0 aromatic carbocycles. The van der Waals surface area contributed by atoms with Gasteiger partial charge in [0.2, 0.25) is 5.88 Å². The van der Waals surface area contributed by atoms with Crippen LogP contribution in [0.25, 0.3) is 0 Å². The SMILES string of the molecule is COc1ccc(C(=O)N(CC(F)(F)F)c2nc(C)cs2)cn1. The number of ether oxygens (including phenoxy) is 1. The summed E-state index contributed by atoms with van der Waals surface area (Å²) in [5.74, 6) is -0.550. The van der Waals surface area contributed by atoms with Gasteiger partial charge in [0.1, 0.15) is 6.54 Å². The number of aryl methyl sites for hydroxylation is 1. The quantitative estimate of drug-likeness (QED) is 0.864. The van der Waals surface area contributed by atoms with E-state index in [4.69, 9.17) is 4.74 Å². The summed E-state index contributed by atoms with van der Waals surface area (Å²) in [7, 11) is 1.40. The first-order valence-electron chi connectivity index (χ1n) is 6.11. The highest BCUT2D eigenvalue weighted by molar-refractivity contribution is 7.14. The molecule has 0 aliphatic heterocycles. The van der Waals surface area contributed by atoms with E-state index in [9.17, 15) is 18.0 Å². The van der Waals surface area contributed by atoms with Crippen molar-refractivity contribution in [3.05, 3.63) is 35.0 Å². The number of carbonyl (C=O) groups excluding carboxylic acids is 1. The molecule has 5 nitrogen and oxygen atoms in total. The molecule has 0 saturated heterocycles. The molecule has 118 valence electrons. The molecule has 0 atom stereocenters. The number of nitrogens with zero attached hydrogens (tertiary/aromatic N) is 3. The Bertz CT molecular complexity index is 655. The molecule has 0 fully saturated rings. The van der Waals surface area contributed by atoms with Crippen LogP contribution in [-0.4, -0.2) is 35.7 Å². The molecule has 0 unspecified atom stereocenters. The van der Waals surface area contributed by atoms with Crippen LogP contribution in [0, 0.1) is 6.92 Å². The maximum atomic E-state index is 12.7. The number of pyridine rings is 1. The number of anilines is 1. The van der Waals surface area contributed by atoms with Gasteiger partial charge in [0.05, 0.1) is 18.4 Å². The molecular weight excluding hydrogens is 319 g/mol. The number of thiazole rings is 1. The van der Waals surface area contributed by atoms with Crippen molar-refractivity contribution in [2.75, 3.05) is 18.6 Å². The van der Waals surface area contributed by atoms with Crippen molar-refractivity contribution >= 4 is 22.4 Å². The topological polar surface area (TPSA) is 55.3 Å². The summed E-state index contributed by atoms with van der Waals surface area (Å²) in [5.41, 5.74) is 0.575. The molecular formula is C13H12F3N3O2S. The van der Waals surface area contributed by atoms with Crippen LogP contribution in [0.15, 0.2) is 23.7 Å². The molecule has 0 N–H and O–H groups in total. The Hall–Kier alpha value is -2.16. The zero-order valence-corrected chi connectivity index (χ0v) is 12.5. The Morgan fingerprint density at radius 3 is 2.59 bits per heavy atom. The summed E-state index contributed by atoms with van der Waals surface area (Å²) in [6, 6.07) is 2.77. The van der Waals surface area contributed by atoms with Crippen LogP contribution in [0.3, 0.4) is 0 Å². The standard InChI is InChI=1S/C13H12F3N3O2S/c1-8-6-22-12(18-8)19(7-13(14,15)16)11(20)9-3-4-10(21-2)17-5-9/h3-6H,7H2,1-2H3. The maximum Gasteiger partial charge on any atom is 0.406 e. The lowest BCUT2D eigenvalue weighted by atomic mass is 10.2. The molecule has 0 aliphatic carbocycles. The molecule has 9 heteroatoms. The van der Waals surface area contributed by atoms with Gasteiger partial charge in [-0.3, -0.25) is 9.69 Å². The van der Waals surface area contributed by atoms with Gasteiger partial charge in [0.15, 0.2) is 5.13 Å². The normalized spacial score (nSPS) is 11.3. The Balaban J connectivity index is 2.32. The van der Waals surface area contributed by atoms with E-state index in [-0.39, 0.29) is 16.6 Å². The zero-order chi connectivity index (χ0) is 16.3. The summed E-state index contributed by atoms with van der Waals surface area (Å²) in [6.07, 6.45) is -3.36. The summed E-state index contributed by atoms with van der Waals surface area (Å²) >= 11 is 0.978. The minimum Gasteiger partial charge on any atom is -0.481 e. The number of alkyl halides is 3. The van der Waals surface area contributed by atoms with Crippen molar-refractivity contribution in [1.82, 2.24) is 9.97 Å². The molecule has 22 heavy (non-hydrogen) atoms. The second kappa shape index (κ2) is 6.30. The molecule has 1 amide bonds. The summed E-state index contributed by atoms with van der Waals surface area (Å²) in [6.45, 7) is 0.232. The highest BCUT2D eigenvalue weighted by Crippen LogP contribution is 2.27. The number of amides is 1. The largest absolute Gasteiger partial charge is 0.481 e. The summed E-state index contributed by atoms with van der Waals surface area (Å²) in [5, 5.41) is 1.58. The van der Waals surface area contributed by atoms with Crippen LogP contribution < -0.4 is 9.64 Å². The number of aromatic nitrogens is 2. The molecule has 2 aromatic rings. The number of rotatable bonds is 4. The van der Waals surface area contributed by atoms with E-state index in [1.54, 1.807) is 12.3 Å². The number of hydrogen-bond donors (Lipinski definition) is 0. The second-order valence-corrected chi connectivity index (χ2v) is 5.20. The van der Waals surface area contributed by atoms with Crippen LogP contribution in [0.2, 0.25) is 0 Å². The van der Waals surface area contributed by atoms with E-state index in [2.05, 4.69) is 9.97 Å². The van der Waals surface area contributed by atoms with Crippen LogP contribution in [0.5, 0.6) is 5.88 Å². The van der Waals surface area contributed by atoms with E-state index in [1.165, 1.54) is 25.4 Å². The fraction of sp³-hybridized carbons (Fsp3) is 0.308. The van der Waals surface area contributed by atoms with Gasteiger partial charge in [-0.1, -0.05) is 0 Å². The fourth-order valence-corrected chi connectivity index (χ4v) is 2.45. The Labute approximate surface area is 128 Å². The van der Waals surface area contributed by atoms with Gasteiger partial charge in [-0.05, 0) is 13.0 Å². The summed E-state index contributed by atoms with van der Waals surface area (Å²) in [4.78, 5) is 20.7. The summed E-state index contributed by atoms with van der Waals surface area (Å²) < 4.78 is 43.1. The van der Waals surface area contributed by atoms with Crippen molar-refractivity contribution in [1.29, 1.82) is 0 Å². The van der Waals surface area contributed by atoms with Gasteiger partial charge in [0.25, 0.3) is 5.91 Å². The molecule has 0 saturated carbocycles.